The molecule has 0 spiro atoms. The third-order valence-electron chi connectivity index (χ3n) is 3.37. The Morgan fingerprint density at radius 2 is 1.93 bits per heavy atom. The average molecular weight is 466 g/mol. The fourth-order valence-corrected chi connectivity index (χ4v) is 3.74. The van der Waals surface area contributed by atoms with Crippen molar-refractivity contribution >= 4 is 69.8 Å². The Balaban J connectivity index is 1.95. The number of hydrogen-bond acceptors (Lipinski definition) is 4. The molecule has 0 saturated carbocycles. The van der Waals surface area contributed by atoms with Crippen molar-refractivity contribution in [3.05, 3.63) is 62.3 Å². The lowest BCUT2D eigenvalue weighted by molar-refractivity contribution is 0.102. The van der Waals surface area contributed by atoms with Gasteiger partial charge in [0.05, 0.1) is 20.8 Å². The van der Waals surface area contributed by atoms with Gasteiger partial charge in [-0.3, -0.25) is 4.79 Å². The fourth-order valence-electron chi connectivity index (χ4n) is 2.06. The Labute approximate surface area is 177 Å². The quantitative estimate of drug-likeness (QED) is 0.482. The van der Waals surface area contributed by atoms with Crippen LogP contribution in [0.1, 0.15) is 10.5 Å². The SMILES string of the molecule is Cn1ccnc1Sc1ccc(F)cc1NC(=O)c1nc(Cl)c(Cl)c(Cl)c1Cl. The van der Waals surface area contributed by atoms with Crippen LogP contribution in [-0.2, 0) is 7.05 Å². The van der Waals surface area contributed by atoms with E-state index in [1.54, 1.807) is 17.0 Å². The van der Waals surface area contributed by atoms with E-state index in [-0.39, 0.29) is 31.6 Å². The minimum atomic E-state index is -0.715. The number of nitrogens with zero attached hydrogens (tertiary/aromatic N) is 3. The molecule has 0 atom stereocenters. The first-order valence-corrected chi connectivity index (χ1v) is 9.57. The Hall–Kier alpha value is -1.51. The lowest BCUT2D eigenvalue weighted by Gasteiger charge is -2.12. The molecule has 1 N–H and O–H groups in total. The molecule has 3 rings (SSSR count). The van der Waals surface area contributed by atoms with Gasteiger partial charge >= 0.3 is 0 Å². The molecule has 1 aromatic carbocycles. The van der Waals surface area contributed by atoms with Gasteiger partial charge < -0.3 is 9.88 Å². The maximum absolute atomic E-state index is 13.7. The molecule has 0 aliphatic carbocycles. The standard InChI is InChI=1S/C16H9Cl4FN4OS/c1-25-5-4-22-16(25)27-9-3-2-7(21)6-8(9)23-15(26)13-11(18)10(17)12(19)14(20)24-13/h2-6H,1H3,(H,23,26). The number of aryl methyl sites for hydroxylation is 1. The normalized spacial score (nSPS) is 10.9. The third kappa shape index (κ3) is 4.33. The molecule has 2 heterocycles. The summed E-state index contributed by atoms with van der Waals surface area (Å²) in [7, 11) is 1.82. The molecule has 1 amide bonds. The molecule has 11 heteroatoms. The number of aromatic nitrogens is 3. The summed E-state index contributed by atoms with van der Waals surface area (Å²) in [6.45, 7) is 0. The number of rotatable bonds is 4. The average Bonchev–Trinajstić information content (AvgIpc) is 3.03. The highest BCUT2D eigenvalue weighted by Crippen LogP contribution is 2.37. The van der Waals surface area contributed by atoms with Crippen molar-refractivity contribution in [2.24, 2.45) is 7.05 Å². The zero-order chi connectivity index (χ0) is 19.7. The Morgan fingerprint density at radius 3 is 2.59 bits per heavy atom. The molecule has 27 heavy (non-hydrogen) atoms. The lowest BCUT2D eigenvalue weighted by Crippen LogP contribution is -2.15. The van der Waals surface area contributed by atoms with Crippen molar-refractivity contribution in [2.45, 2.75) is 10.1 Å². The Kier molecular flexibility index (Phi) is 6.18. The molecule has 140 valence electrons. The smallest absolute Gasteiger partial charge is 0.275 e. The van der Waals surface area contributed by atoms with E-state index in [0.29, 0.717) is 10.1 Å². The van der Waals surface area contributed by atoms with Crippen LogP contribution in [0.15, 0.2) is 40.6 Å². The third-order valence-corrected chi connectivity index (χ3v) is 6.20. The van der Waals surface area contributed by atoms with E-state index in [2.05, 4.69) is 15.3 Å². The molecule has 0 bridgehead atoms. The van der Waals surface area contributed by atoms with E-state index in [0.717, 1.165) is 0 Å². The predicted octanol–water partition coefficient (Wildman–Crippen LogP) is 5.97. The second-order valence-corrected chi connectivity index (χ2v) is 7.71. The van der Waals surface area contributed by atoms with Crippen LogP contribution in [0.25, 0.3) is 0 Å². The molecule has 0 aliphatic rings. The van der Waals surface area contributed by atoms with Crippen molar-refractivity contribution < 1.29 is 9.18 Å². The summed E-state index contributed by atoms with van der Waals surface area (Å²) >= 11 is 25.0. The number of amides is 1. The number of imidazole rings is 1. The summed E-state index contributed by atoms with van der Waals surface area (Å²) in [6, 6.07) is 3.99. The summed E-state index contributed by atoms with van der Waals surface area (Å²) in [6.07, 6.45) is 3.40. The molecule has 5 nitrogen and oxygen atoms in total. The van der Waals surface area contributed by atoms with Crippen LogP contribution in [0, 0.1) is 5.82 Å². The number of anilines is 1. The van der Waals surface area contributed by atoms with Crippen LogP contribution in [0.4, 0.5) is 10.1 Å². The number of pyridine rings is 1. The highest BCUT2D eigenvalue weighted by molar-refractivity contribution is 7.99. The van der Waals surface area contributed by atoms with E-state index in [1.807, 2.05) is 7.05 Å². The molecule has 2 aromatic heterocycles. The highest BCUT2D eigenvalue weighted by atomic mass is 35.5. The topological polar surface area (TPSA) is 59.8 Å². The second kappa shape index (κ2) is 8.24. The van der Waals surface area contributed by atoms with Gasteiger partial charge in [-0.15, -0.1) is 0 Å². The molecular formula is C16H9Cl4FN4OS. The number of carbonyl (C=O) groups excluding carboxylic acids is 1. The van der Waals surface area contributed by atoms with Crippen molar-refractivity contribution in [2.75, 3.05) is 5.32 Å². The number of hydrogen-bond donors (Lipinski definition) is 1. The van der Waals surface area contributed by atoms with Gasteiger partial charge in [-0.25, -0.2) is 14.4 Å². The minimum absolute atomic E-state index is 0.0586. The first-order valence-electron chi connectivity index (χ1n) is 7.24. The van der Waals surface area contributed by atoms with Gasteiger partial charge in [-0.2, -0.15) is 0 Å². The van der Waals surface area contributed by atoms with Crippen LogP contribution in [0.2, 0.25) is 20.2 Å². The molecule has 3 aromatic rings. The van der Waals surface area contributed by atoms with Crippen molar-refractivity contribution in [1.82, 2.24) is 14.5 Å². The summed E-state index contributed by atoms with van der Waals surface area (Å²) in [5.74, 6) is -1.24. The summed E-state index contributed by atoms with van der Waals surface area (Å²) < 4.78 is 15.5. The van der Waals surface area contributed by atoms with Gasteiger partial charge in [0.2, 0.25) is 0 Å². The van der Waals surface area contributed by atoms with Gasteiger partial charge in [-0.05, 0) is 30.0 Å². The van der Waals surface area contributed by atoms with Gasteiger partial charge in [0.25, 0.3) is 5.91 Å². The zero-order valence-electron chi connectivity index (χ0n) is 13.4. The Morgan fingerprint density at radius 1 is 1.19 bits per heavy atom. The van der Waals surface area contributed by atoms with E-state index in [4.69, 9.17) is 46.4 Å². The summed E-state index contributed by atoms with van der Waals surface area (Å²) in [4.78, 5) is 21.2. The van der Waals surface area contributed by atoms with Crippen molar-refractivity contribution in [1.29, 1.82) is 0 Å². The van der Waals surface area contributed by atoms with E-state index >= 15 is 0 Å². The second-order valence-electron chi connectivity index (χ2n) is 5.21. The van der Waals surface area contributed by atoms with Crippen LogP contribution >= 0.6 is 58.2 Å². The van der Waals surface area contributed by atoms with Crippen LogP contribution in [0.5, 0.6) is 0 Å². The van der Waals surface area contributed by atoms with E-state index < -0.39 is 11.7 Å². The number of benzene rings is 1. The number of halogens is 5. The van der Waals surface area contributed by atoms with Crippen molar-refractivity contribution in [3.8, 4) is 0 Å². The summed E-state index contributed by atoms with van der Waals surface area (Å²) in [5.41, 5.74) is -0.0127. The molecular weight excluding hydrogens is 457 g/mol. The maximum Gasteiger partial charge on any atom is 0.275 e. The van der Waals surface area contributed by atoms with Crippen LogP contribution < -0.4 is 5.32 Å². The van der Waals surface area contributed by atoms with Gasteiger partial charge in [0, 0.05) is 24.3 Å². The van der Waals surface area contributed by atoms with E-state index in [1.165, 1.54) is 30.0 Å². The van der Waals surface area contributed by atoms with Crippen molar-refractivity contribution in [3.63, 3.8) is 0 Å². The zero-order valence-corrected chi connectivity index (χ0v) is 17.3. The molecule has 0 radical (unpaired) electrons. The lowest BCUT2D eigenvalue weighted by atomic mass is 10.2. The number of nitrogens with one attached hydrogen (secondary N) is 1. The highest BCUT2D eigenvalue weighted by Gasteiger charge is 2.21. The van der Waals surface area contributed by atoms with Gasteiger partial charge in [0.15, 0.2) is 5.16 Å². The van der Waals surface area contributed by atoms with Gasteiger partial charge in [0.1, 0.15) is 16.7 Å². The van der Waals surface area contributed by atoms with Crippen LogP contribution in [-0.4, -0.2) is 20.4 Å². The first kappa shape index (κ1) is 20.2. The monoisotopic (exact) mass is 464 g/mol. The van der Waals surface area contributed by atoms with E-state index in [9.17, 15) is 9.18 Å². The molecule has 0 fully saturated rings. The Bertz CT molecular complexity index is 1040. The first-order chi connectivity index (χ1) is 12.8. The minimum Gasteiger partial charge on any atom is -0.329 e. The molecule has 0 saturated heterocycles. The molecule has 0 unspecified atom stereocenters. The summed E-state index contributed by atoms with van der Waals surface area (Å²) in [5, 5.41) is 2.75. The van der Waals surface area contributed by atoms with Gasteiger partial charge in [-0.1, -0.05) is 46.4 Å². The van der Waals surface area contributed by atoms with Crippen LogP contribution in [0.3, 0.4) is 0 Å². The number of carbonyl (C=O) groups is 1. The maximum atomic E-state index is 13.7. The fraction of sp³-hybridized carbons (Fsp3) is 0.0625. The largest absolute Gasteiger partial charge is 0.329 e. The predicted molar refractivity (Wildman–Crippen MR) is 106 cm³/mol. The molecule has 0 aliphatic heterocycles.